The highest BCUT2D eigenvalue weighted by Crippen LogP contribution is 2.10. The topological polar surface area (TPSA) is 56.7 Å². The molecule has 0 saturated heterocycles. The van der Waals surface area contributed by atoms with Gasteiger partial charge in [-0.1, -0.05) is 39.5 Å². The van der Waals surface area contributed by atoms with Gasteiger partial charge in [-0.2, -0.15) is 0 Å². The summed E-state index contributed by atoms with van der Waals surface area (Å²) >= 11 is 0. The Bertz CT molecular complexity index is 226. The minimum atomic E-state index is 0.265. The maximum atomic E-state index is 9.08. The first-order chi connectivity index (χ1) is 9.78. The number of nitrogens with one attached hydrogen (secondary N) is 2. The van der Waals surface area contributed by atoms with Crippen LogP contribution in [-0.4, -0.2) is 37.3 Å². The van der Waals surface area contributed by atoms with Crippen molar-refractivity contribution in [2.45, 2.75) is 65.7 Å². The molecule has 0 rings (SSSR count). The molecule has 0 aliphatic heterocycles. The number of hydrogen-bond acceptors (Lipinski definition) is 2. The lowest BCUT2D eigenvalue weighted by Crippen LogP contribution is -2.38. The summed E-state index contributed by atoms with van der Waals surface area (Å²) in [7, 11) is 0. The fourth-order valence-electron chi connectivity index (χ4n) is 2.24. The van der Waals surface area contributed by atoms with Crippen LogP contribution in [0.4, 0.5) is 0 Å². The molecule has 20 heavy (non-hydrogen) atoms. The van der Waals surface area contributed by atoms with E-state index >= 15 is 0 Å². The SMILES string of the molecule is CCCCCCNC(=NCC(CCC)CCO)NCC. The summed E-state index contributed by atoms with van der Waals surface area (Å²) in [5, 5.41) is 15.8. The van der Waals surface area contributed by atoms with Gasteiger partial charge in [-0.15, -0.1) is 0 Å². The zero-order valence-electron chi connectivity index (χ0n) is 13.7. The van der Waals surface area contributed by atoms with E-state index in [1.165, 1.54) is 25.7 Å². The zero-order chi connectivity index (χ0) is 15.1. The van der Waals surface area contributed by atoms with Crippen LogP contribution >= 0.6 is 0 Å². The minimum Gasteiger partial charge on any atom is -0.396 e. The van der Waals surface area contributed by atoms with Crippen LogP contribution in [0.15, 0.2) is 4.99 Å². The highest BCUT2D eigenvalue weighted by atomic mass is 16.3. The van der Waals surface area contributed by atoms with E-state index in [9.17, 15) is 0 Å². The lowest BCUT2D eigenvalue weighted by atomic mass is 10.0. The second-order valence-electron chi connectivity index (χ2n) is 5.37. The van der Waals surface area contributed by atoms with Gasteiger partial charge in [-0.05, 0) is 32.1 Å². The number of aliphatic imine (C=N–C) groups is 1. The number of nitrogens with zero attached hydrogens (tertiary/aromatic N) is 1. The van der Waals surface area contributed by atoms with Gasteiger partial charge in [0.05, 0.1) is 0 Å². The molecule has 0 aromatic heterocycles. The minimum absolute atomic E-state index is 0.265. The summed E-state index contributed by atoms with van der Waals surface area (Å²) in [4.78, 5) is 4.65. The first-order valence-corrected chi connectivity index (χ1v) is 8.41. The predicted octanol–water partition coefficient (Wildman–Crippen LogP) is 2.92. The fourth-order valence-corrected chi connectivity index (χ4v) is 2.24. The molecule has 0 spiro atoms. The number of rotatable bonds is 12. The standard InChI is InChI=1S/C16H35N3O/c1-4-7-8-9-12-18-16(17-6-3)19-14-15(10-5-2)11-13-20/h15,20H,4-14H2,1-3H3,(H2,17,18,19). The molecule has 3 N–H and O–H groups in total. The smallest absolute Gasteiger partial charge is 0.191 e. The van der Waals surface area contributed by atoms with E-state index in [1.807, 2.05) is 0 Å². The molecule has 0 aliphatic carbocycles. The lowest BCUT2D eigenvalue weighted by Gasteiger charge is -2.15. The van der Waals surface area contributed by atoms with E-state index < -0.39 is 0 Å². The number of hydrogen-bond donors (Lipinski definition) is 3. The third kappa shape index (κ3) is 11.1. The maximum absolute atomic E-state index is 9.08. The van der Waals surface area contributed by atoms with Gasteiger partial charge >= 0.3 is 0 Å². The zero-order valence-corrected chi connectivity index (χ0v) is 13.7. The molecule has 1 unspecified atom stereocenters. The average Bonchev–Trinajstić information content (AvgIpc) is 2.44. The van der Waals surface area contributed by atoms with Gasteiger partial charge < -0.3 is 15.7 Å². The monoisotopic (exact) mass is 285 g/mol. The Hall–Kier alpha value is -0.770. The second kappa shape index (κ2) is 14.6. The van der Waals surface area contributed by atoms with Crippen molar-refractivity contribution in [2.75, 3.05) is 26.2 Å². The van der Waals surface area contributed by atoms with Gasteiger partial charge in [-0.3, -0.25) is 4.99 Å². The number of aliphatic hydroxyl groups is 1. The van der Waals surface area contributed by atoms with Crippen LogP contribution in [0.25, 0.3) is 0 Å². The van der Waals surface area contributed by atoms with Crippen LogP contribution < -0.4 is 10.6 Å². The van der Waals surface area contributed by atoms with Crippen LogP contribution in [0.2, 0.25) is 0 Å². The van der Waals surface area contributed by atoms with Crippen molar-refractivity contribution in [1.29, 1.82) is 0 Å². The average molecular weight is 285 g/mol. The Balaban J connectivity index is 4.08. The molecule has 4 heteroatoms. The molecular weight excluding hydrogens is 250 g/mol. The number of guanidine groups is 1. The summed E-state index contributed by atoms with van der Waals surface area (Å²) in [5.41, 5.74) is 0. The van der Waals surface area contributed by atoms with Gasteiger partial charge in [0.15, 0.2) is 5.96 Å². The summed E-state index contributed by atoms with van der Waals surface area (Å²) in [5.74, 6) is 1.42. The molecule has 1 atom stereocenters. The van der Waals surface area contributed by atoms with Gasteiger partial charge in [-0.25, -0.2) is 0 Å². The van der Waals surface area contributed by atoms with Crippen LogP contribution in [0, 0.1) is 5.92 Å². The fraction of sp³-hybridized carbons (Fsp3) is 0.938. The van der Waals surface area contributed by atoms with E-state index in [1.54, 1.807) is 0 Å². The Morgan fingerprint density at radius 1 is 1.00 bits per heavy atom. The predicted molar refractivity (Wildman–Crippen MR) is 88.2 cm³/mol. The number of aliphatic hydroxyl groups excluding tert-OH is 1. The third-order valence-electron chi connectivity index (χ3n) is 3.41. The highest BCUT2D eigenvalue weighted by Gasteiger charge is 2.07. The quantitative estimate of drug-likeness (QED) is 0.293. The molecule has 0 radical (unpaired) electrons. The van der Waals surface area contributed by atoms with Crippen molar-refractivity contribution in [2.24, 2.45) is 10.9 Å². The Morgan fingerprint density at radius 2 is 1.80 bits per heavy atom. The molecular formula is C16H35N3O. The van der Waals surface area contributed by atoms with E-state index in [2.05, 4.69) is 36.4 Å². The van der Waals surface area contributed by atoms with Gasteiger partial charge in [0.25, 0.3) is 0 Å². The van der Waals surface area contributed by atoms with E-state index in [0.29, 0.717) is 5.92 Å². The van der Waals surface area contributed by atoms with Gasteiger partial charge in [0.2, 0.25) is 0 Å². The summed E-state index contributed by atoms with van der Waals surface area (Å²) in [6.45, 7) is 9.45. The van der Waals surface area contributed by atoms with Gasteiger partial charge in [0.1, 0.15) is 0 Å². The molecule has 0 bridgehead atoms. The lowest BCUT2D eigenvalue weighted by molar-refractivity contribution is 0.253. The van der Waals surface area contributed by atoms with Crippen LogP contribution in [-0.2, 0) is 0 Å². The molecule has 0 saturated carbocycles. The third-order valence-corrected chi connectivity index (χ3v) is 3.41. The first kappa shape index (κ1) is 19.2. The van der Waals surface area contributed by atoms with Crippen molar-refractivity contribution in [3.8, 4) is 0 Å². The molecule has 0 amide bonds. The van der Waals surface area contributed by atoms with Crippen molar-refractivity contribution in [3.05, 3.63) is 0 Å². The van der Waals surface area contributed by atoms with Crippen molar-refractivity contribution in [1.82, 2.24) is 10.6 Å². The highest BCUT2D eigenvalue weighted by molar-refractivity contribution is 5.79. The Labute approximate surface area is 125 Å². The molecule has 0 fully saturated rings. The normalized spacial score (nSPS) is 13.3. The Morgan fingerprint density at radius 3 is 2.40 bits per heavy atom. The largest absolute Gasteiger partial charge is 0.396 e. The number of unbranched alkanes of at least 4 members (excludes halogenated alkanes) is 3. The van der Waals surface area contributed by atoms with E-state index in [4.69, 9.17) is 5.11 Å². The van der Waals surface area contributed by atoms with Crippen LogP contribution in [0.3, 0.4) is 0 Å². The molecule has 0 aromatic rings. The summed E-state index contributed by atoms with van der Waals surface area (Å²) in [6.07, 6.45) is 8.21. The maximum Gasteiger partial charge on any atom is 0.191 e. The van der Waals surface area contributed by atoms with Crippen molar-refractivity contribution >= 4 is 5.96 Å². The Kier molecular flexibility index (Phi) is 14.1. The van der Waals surface area contributed by atoms with Crippen LogP contribution in [0.5, 0.6) is 0 Å². The summed E-state index contributed by atoms with van der Waals surface area (Å²) < 4.78 is 0. The molecule has 0 aromatic carbocycles. The summed E-state index contributed by atoms with van der Waals surface area (Å²) in [6, 6.07) is 0. The first-order valence-electron chi connectivity index (χ1n) is 8.41. The van der Waals surface area contributed by atoms with E-state index in [0.717, 1.165) is 44.9 Å². The molecule has 4 nitrogen and oxygen atoms in total. The van der Waals surface area contributed by atoms with Crippen molar-refractivity contribution in [3.63, 3.8) is 0 Å². The molecule has 0 heterocycles. The molecule has 0 aliphatic rings. The van der Waals surface area contributed by atoms with E-state index in [-0.39, 0.29) is 6.61 Å². The second-order valence-corrected chi connectivity index (χ2v) is 5.37. The molecule has 120 valence electrons. The van der Waals surface area contributed by atoms with Gasteiger partial charge in [0, 0.05) is 26.2 Å². The van der Waals surface area contributed by atoms with Crippen molar-refractivity contribution < 1.29 is 5.11 Å². The van der Waals surface area contributed by atoms with Crippen LogP contribution in [0.1, 0.15) is 65.7 Å².